The Morgan fingerprint density at radius 3 is 2.63 bits per heavy atom. The summed E-state index contributed by atoms with van der Waals surface area (Å²) in [7, 11) is 0. The maximum absolute atomic E-state index is 4.37. The van der Waals surface area contributed by atoms with Crippen LogP contribution >= 0.6 is 15.9 Å². The molecule has 0 aliphatic carbocycles. The first-order valence-electron chi connectivity index (χ1n) is 6.44. The molecule has 0 fully saturated rings. The van der Waals surface area contributed by atoms with E-state index in [1.807, 2.05) is 11.0 Å². The van der Waals surface area contributed by atoms with Crippen LogP contribution in [-0.2, 0) is 13.1 Å². The van der Waals surface area contributed by atoms with Crippen LogP contribution in [0.2, 0.25) is 0 Å². The zero-order valence-corrected chi connectivity index (χ0v) is 14.3. The van der Waals surface area contributed by atoms with Gasteiger partial charge in [0.15, 0.2) is 0 Å². The number of hydrogen-bond acceptors (Lipinski definition) is 1. The summed E-state index contributed by atoms with van der Waals surface area (Å²) in [5, 5.41) is 4.37. The van der Waals surface area contributed by atoms with Gasteiger partial charge in [0.25, 0.3) is 6.33 Å². The van der Waals surface area contributed by atoms with E-state index in [0.29, 0.717) is 0 Å². The molecule has 3 nitrogen and oxygen atoms in total. The number of halogens is 2. The average Bonchev–Trinajstić information content (AvgIpc) is 2.80. The quantitative estimate of drug-likeness (QED) is 0.511. The van der Waals surface area contributed by atoms with Gasteiger partial charge >= 0.3 is 0 Å². The summed E-state index contributed by atoms with van der Waals surface area (Å²) in [5.74, 6) is 0. The molecule has 5 heteroatoms. The maximum Gasteiger partial charge on any atom is 0.265 e. The van der Waals surface area contributed by atoms with Crippen molar-refractivity contribution in [2.24, 2.45) is 0 Å². The highest BCUT2D eigenvalue weighted by Gasteiger charge is 2.05. The van der Waals surface area contributed by atoms with Gasteiger partial charge in [0.2, 0.25) is 6.33 Å². The molecule has 0 aliphatic heterocycles. The normalized spacial score (nSPS) is 10.2. The number of aromatic nitrogens is 3. The van der Waals surface area contributed by atoms with Crippen LogP contribution < -0.4 is 21.5 Å². The van der Waals surface area contributed by atoms with Crippen molar-refractivity contribution in [1.29, 1.82) is 0 Å². The minimum Gasteiger partial charge on any atom is -1.00 e. The topological polar surface area (TPSA) is 21.7 Å². The lowest BCUT2D eigenvalue weighted by Crippen LogP contribution is -3.00. The highest BCUT2D eigenvalue weighted by Crippen LogP contribution is 2.10. The minimum atomic E-state index is 0. The van der Waals surface area contributed by atoms with Crippen molar-refractivity contribution in [3.63, 3.8) is 0 Å². The van der Waals surface area contributed by atoms with Crippen LogP contribution in [0.4, 0.5) is 0 Å². The molecule has 1 aromatic heterocycles. The fourth-order valence-electron chi connectivity index (χ4n) is 1.89. The molecular weight excluding hydrogens is 370 g/mol. The molecule has 1 aromatic carbocycles. The van der Waals surface area contributed by atoms with Crippen LogP contribution in [0, 0.1) is 0 Å². The summed E-state index contributed by atoms with van der Waals surface area (Å²) >= 11 is 3.45. The fraction of sp³-hybridized carbons (Fsp3) is 0.429. The van der Waals surface area contributed by atoms with Crippen LogP contribution in [0.25, 0.3) is 0 Å². The van der Waals surface area contributed by atoms with Crippen molar-refractivity contribution in [1.82, 2.24) is 9.78 Å². The Morgan fingerprint density at radius 2 is 1.95 bits per heavy atom. The Balaban J connectivity index is 0.00000180. The minimum absolute atomic E-state index is 0. The Labute approximate surface area is 133 Å². The second kappa shape index (κ2) is 8.48. The van der Waals surface area contributed by atoms with Crippen LogP contribution in [0.15, 0.2) is 41.4 Å². The first-order chi connectivity index (χ1) is 8.78. The molecule has 0 atom stereocenters. The summed E-state index contributed by atoms with van der Waals surface area (Å²) in [5.41, 5.74) is 1.29. The van der Waals surface area contributed by atoms with Gasteiger partial charge in [-0.1, -0.05) is 47.8 Å². The predicted octanol–water partition coefficient (Wildman–Crippen LogP) is 0.176. The number of benzene rings is 1. The van der Waals surface area contributed by atoms with Crippen LogP contribution in [0.3, 0.4) is 0 Å². The molecule has 0 bridgehead atoms. The van der Waals surface area contributed by atoms with Crippen LogP contribution in [0.1, 0.15) is 31.7 Å². The van der Waals surface area contributed by atoms with Gasteiger partial charge in [0, 0.05) is 9.57 Å². The van der Waals surface area contributed by atoms with Gasteiger partial charge in [-0.3, -0.25) is 0 Å². The summed E-state index contributed by atoms with van der Waals surface area (Å²) in [6, 6.07) is 8.40. The highest BCUT2D eigenvalue weighted by molar-refractivity contribution is 9.10. The molecule has 0 saturated heterocycles. The average molecular weight is 389 g/mol. The standard InChI is InChI=1S/C14H19BrN3.BrH/c1-2-3-4-9-18-12-17(11-16-18)10-13-5-7-14(15)8-6-13;/h5-8,11-12H,2-4,9-10H2,1H3;1H/q+1;/p-1. The summed E-state index contributed by atoms with van der Waals surface area (Å²) < 4.78 is 5.26. The largest absolute Gasteiger partial charge is 1.00 e. The molecule has 1 heterocycles. The van der Waals surface area contributed by atoms with Crippen molar-refractivity contribution in [2.45, 2.75) is 39.3 Å². The van der Waals surface area contributed by atoms with Crippen molar-refractivity contribution < 1.29 is 21.5 Å². The lowest BCUT2D eigenvalue weighted by molar-refractivity contribution is -0.689. The molecule has 0 amide bonds. The fourth-order valence-corrected chi connectivity index (χ4v) is 2.15. The first kappa shape index (κ1) is 16.4. The van der Waals surface area contributed by atoms with Crippen molar-refractivity contribution >= 4 is 15.9 Å². The second-order valence-electron chi connectivity index (χ2n) is 4.52. The van der Waals surface area contributed by atoms with Crippen LogP contribution in [0.5, 0.6) is 0 Å². The Kier molecular flexibility index (Phi) is 7.31. The van der Waals surface area contributed by atoms with E-state index in [9.17, 15) is 0 Å². The lowest BCUT2D eigenvalue weighted by Gasteiger charge is -1.98. The zero-order chi connectivity index (χ0) is 12.8. The number of nitrogens with zero attached hydrogens (tertiary/aromatic N) is 3. The molecule has 0 N–H and O–H groups in total. The summed E-state index contributed by atoms with van der Waals surface area (Å²) in [6.45, 7) is 4.11. The molecule has 104 valence electrons. The van der Waals surface area contributed by atoms with Gasteiger partial charge in [-0.05, 0) is 24.1 Å². The van der Waals surface area contributed by atoms with Crippen molar-refractivity contribution in [3.8, 4) is 0 Å². The monoisotopic (exact) mass is 387 g/mol. The summed E-state index contributed by atoms with van der Waals surface area (Å²) in [6.07, 6.45) is 7.70. The Bertz CT molecular complexity index is 480. The number of unbranched alkanes of at least 4 members (excludes halogenated alkanes) is 2. The van der Waals surface area contributed by atoms with E-state index in [2.05, 4.69) is 63.1 Å². The first-order valence-corrected chi connectivity index (χ1v) is 7.23. The molecule has 2 aromatic rings. The third kappa shape index (κ3) is 5.45. The molecule has 0 saturated carbocycles. The molecule has 0 spiro atoms. The van der Waals surface area contributed by atoms with Gasteiger partial charge < -0.3 is 17.0 Å². The van der Waals surface area contributed by atoms with E-state index in [-0.39, 0.29) is 17.0 Å². The SMILES string of the molecule is CCCCCn1c[n+](Cc2ccc(Br)cc2)cn1.[Br-]. The Hall–Kier alpha value is -0.680. The third-order valence-corrected chi connectivity index (χ3v) is 3.43. The number of hydrogen-bond donors (Lipinski definition) is 0. The van der Waals surface area contributed by atoms with E-state index in [1.165, 1.54) is 24.8 Å². The molecule has 0 aliphatic rings. The van der Waals surface area contributed by atoms with E-state index >= 15 is 0 Å². The third-order valence-electron chi connectivity index (χ3n) is 2.90. The van der Waals surface area contributed by atoms with E-state index < -0.39 is 0 Å². The van der Waals surface area contributed by atoms with Gasteiger partial charge in [-0.15, -0.1) is 4.68 Å². The lowest BCUT2D eigenvalue weighted by atomic mass is 10.2. The second-order valence-corrected chi connectivity index (χ2v) is 5.43. The maximum atomic E-state index is 4.37. The van der Waals surface area contributed by atoms with Gasteiger partial charge in [-0.25, -0.2) is 4.57 Å². The van der Waals surface area contributed by atoms with Gasteiger partial charge in [0.1, 0.15) is 6.54 Å². The smallest absolute Gasteiger partial charge is 0.265 e. The predicted molar refractivity (Wildman–Crippen MR) is 75.2 cm³/mol. The molecule has 0 radical (unpaired) electrons. The summed E-state index contributed by atoms with van der Waals surface area (Å²) in [4.78, 5) is 0. The van der Waals surface area contributed by atoms with Crippen molar-refractivity contribution in [3.05, 3.63) is 47.0 Å². The molecule has 0 unspecified atom stereocenters. The van der Waals surface area contributed by atoms with Crippen molar-refractivity contribution in [2.75, 3.05) is 0 Å². The molecular formula is C14H19Br2N3. The Morgan fingerprint density at radius 1 is 1.21 bits per heavy atom. The highest BCUT2D eigenvalue weighted by atomic mass is 79.9. The zero-order valence-electron chi connectivity index (χ0n) is 11.1. The van der Waals surface area contributed by atoms with Gasteiger partial charge in [-0.2, -0.15) is 0 Å². The number of rotatable bonds is 6. The van der Waals surface area contributed by atoms with Crippen LogP contribution in [-0.4, -0.2) is 9.78 Å². The molecule has 2 rings (SSSR count). The van der Waals surface area contributed by atoms with E-state index in [4.69, 9.17) is 0 Å². The molecule has 19 heavy (non-hydrogen) atoms. The van der Waals surface area contributed by atoms with E-state index in [1.54, 1.807) is 0 Å². The van der Waals surface area contributed by atoms with E-state index in [0.717, 1.165) is 17.6 Å². The van der Waals surface area contributed by atoms with Gasteiger partial charge in [0.05, 0.1) is 6.54 Å². The number of aryl methyl sites for hydroxylation is 1.